The van der Waals surface area contributed by atoms with Crippen molar-refractivity contribution in [3.63, 3.8) is 0 Å². The topological polar surface area (TPSA) is 154 Å². The molecule has 12 nitrogen and oxygen atoms in total. The largest absolute Gasteiger partial charge is 0.330 e. The number of likely N-dealkylation sites (N-methyl/N-ethyl adjacent to an activating group) is 2. The van der Waals surface area contributed by atoms with Crippen LogP contribution in [0.1, 0.15) is 11.1 Å². The Morgan fingerprint density at radius 3 is 1.56 bits per heavy atom. The summed E-state index contributed by atoms with van der Waals surface area (Å²) in [6, 6.07) is 10.1. The lowest BCUT2D eigenvalue weighted by atomic mass is 10.0. The lowest BCUT2D eigenvalue weighted by molar-refractivity contribution is -0.120. The van der Waals surface area contributed by atoms with Gasteiger partial charge in [-0.3, -0.25) is 9.59 Å². The Kier molecular flexibility index (Phi) is 11.2. The zero-order valence-corrected chi connectivity index (χ0v) is 30.7. The van der Waals surface area contributed by atoms with Gasteiger partial charge in [-0.25, -0.2) is 37.0 Å². The van der Waals surface area contributed by atoms with E-state index >= 15 is 0 Å². The highest BCUT2D eigenvalue weighted by Crippen LogP contribution is 2.26. The number of hydrogen-bond donors (Lipinski definition) is 3. The van der Waals surface area contributed by atoms with Crippen LogP contribution in [0.15, 0.2) is 83.8 Å². The van der Waals surface area contributed by atoms with Crippen LogP contribution in [0.3, 0.4) is 0 Å². The number of amides is 4. The molecule has 0 saturated heterocycles. The highest BCUT2D eigenvalue weighted by molar-refractivity contribution is 7.88. The van der Waals surface area contributed by atoms with E-state index < -0.39 is 76.2 Å². The Hall–Kier alpha value is -5.50. The maximum absolute atomic E-state index is 14.1. The molecule has 4 aromatic carbocycles. The fourth-order valence-corrected chi connectivity index (χ4v) is 7.90. The van der Waals surface area contributed by atoms with Crippen LogP contribution < -0.4 is 24.6 Å². The van der Waals surface area contributed by atoms with Crippen LogP contribution in [0.5, 0.6) is 0 Å². The van der Waals surface area contributed by atoms with Crippen LogP contribution in [0, 0.1) is 23.3 Å². The van der Waals surface area contributed by atoms with Gasteiger partial charge in [0.25, 0.3) is 0 Å². The molecule has 0 fully saturated rings. The highest BCUT2D eigenvalue weighted by Gasteiger charge is 2.32. The Balaban J connectivity index is 1.24. The molecule has 2 heterocycles. The van der Waals surface area contributed by atoms with Crippen LogP contribution in [0.2, 0.25) is 0 Å². The number of halogens is 4. The molecule has 0 saturated carbocycles. The van der Waals surface area contributed by atoms with Crippen molar-refractivity contribution < 1.29 is 40.4 Å². The van der Waals surface area contributed by atoms with Crippen LogP contribution in [-0.2, 0) is 32.6 Å². The maximum atomic E-state index is 14.1. The number of benzene rings is 4. The molecule has 6 rings (SSSR count). The molecule has 0 radical (unpaired) electrons. The van der Waals surface area contributed by atoms with Crippen molar-refractivity contribution in [3.05, 3.63) is 118 Å². The molecule has 3 N–H and O–H groups in total. The van der Waals surface area contributed by atoms with Gasteiger partial charge in [0, 0.05) is 44.0 Å². The first-order chi connectivity index (χ1) is 25.6. The summed E-state index contributed by atoms with van der Waals surface area (Å²) in [4.78, 5) is 51.6. The van der Waals surface area contributed by atoms with E-state index in [2.05, 4.69) is 20.0 Å². The van der Waals surface area contributed by atoms with Crippen LogP contribution in [0.4, 0.5) is 33.7 Å². The van der Waals surface area contributed by atoms with E-state index in [1.807, 2.05) is 0 Å². The zero-order chi connectivity index (χ0) is 38.7. The lowest BCUT2D eigenvalue weighted by Crippen LogP contribution is -2.57. The first-order valence-corrected chi connectivity index (χ1v) is 19.1. The van der Waals surface area contributed by atoms with E-state index in [1.54, 1.807) is 52.1 Å². The highest BCUT2D eigenvalue weighted by atomic mass is 32.2. The summed E-state index contributed by atoms with van der Waals surface area (Å²) in [6.07, 6.45) is -1.00. The summed E-state index contributed by atoms with van der Waals surface area (Å²) < 4.78 is 88.7. The first kappa shape index (κ1) is 38.2. The predicted octanol–water partition coefficient (Wildman–Crippen LogP) is 5.44. The molecule has 2 aromatic heterocycles. The monoisotopic (exact) mass is 799 g/mol. The van der Waals surface area contributed by atoms with Gasteiger partial charge in [0.15, 0.2) is 0 Å². The number of carbonyl (C=O) groups excluding carboxylic acids is 3. The predicted molar refractivity (Wildman–Crippen MR) is 197 cm³/mol. The molecule has 280 valence electrons. The minimum Gasteiger partial charge on any atom is -0.325 e. The molecule has 0 aliphatic carbocycles. The first-order valence-electron chi connectivity index (χ1n) is 15.9. The lowest BCUT2D eigenvalue weighted by Gasteiger charge is -2.26. The molecular formula is C35H29F4N7O5S3. The SMILES string of the molecule is CN(C(=O)[C@H](Cc1cc(F)cc(F)c1)NC(=O)NS(=O)(=O)N[C@@H](Cc1cc(F)cc(F)c1)C(=O)N(C)c1ccc2scnc2c1)c1ccc2scnc2c1. The Morgan fingerprint density at radius 2 is 1.09 bits per heavy atom. The van der Waals surface area contributed by atoms with E-state index in [0.29, 0.717) is 34.5 Å². The third kappa shape index (κ3) is 9.16. The number of fused-ring (bicyclic) bond motifs is 2. The van der Waals surface area contributed by atoms with E-state index in [0.717, 1.165) is 43.5 Å². The van der Waals surface area contributed by atoms with E-state index in [1.165, 1.54) is 36.8 Å². The number of rotatable bonds is 12. The van der Waals surface area contributed by atoms with Crippen molar-refractivity contribution in [1.82, 2.24) is 24.7 Å². The second-order valence-electron chi connectivity index (χ2n) is 12.1. The van der Waals surface area contributed by atoms with Gasteiger partial charge in [-0.15, -0.1) is 22.7 Å². The van der Waals surface area contributed by atoms with E-state index in [9.17, 15) is 40.4 Å². The number of nitrogens with zero attached hydrogens (tertiary/aromatic N) is 4. The molecule has 4 amide bonds. The molecule has 0 aliphatic rings. The van der Waals surface area contributed by atoms with Crippen molar-refractivity contribution in [3.8, 4) is 0 Å². The maximum Gasteiger partial charge on any atom is 0.330 e. The Labute approximate surface area is 313 Å². The molecule has 0 bridgehead atoms. The summed E-state index contributed by atoms with van der Waals surface area (Å²) in [7, 11) is -2.22. The van der Waals surface area contributed by atoms with Gasteiger partial charge >= 0.3 is 16.2 Å². The van der Waals surface area contributed by atoms with E-state index in [-0.39, 0.29) is 11.1 Å². The molecule has 19 heteroatoms. The van der Waals surface area contributed by atoms with Crippen LogP contribution in [0.25, 0.3) is 20.4 Å². The fraction of sp³-hybridized carbons (Fsp3) is 0.171. The Bertz CT molecular complexity index is 2460. The van der Waals surface area contributed by atoms with Crippen molar-refractivity contribution in [2.24, 2.45) is 0 Å². The third-order valence-electron chi connectivity index (χ3n) is 8.21. The molecule has 2 atom stereocenters. The van der Waals surface area contributed by atoms with Gasteiger partial charge in [0.2, 0.25) is 11.8 Å². The smallest absolute Gasteiger partial charge is 0.325 e. The summed E-state index contributed by atoms with van der Waals surface area (Å²) in [5, 5.41) is 2.25. The van der Waals surface area contributed by atoms with Gasteiger partial charge in [-0.1, -0.05) is 0 Å². The van der Waals surface area contributed by atoms with Gasteiger partial charge < -0.3 is 15.1 Å². The summed E-state index contributed by atoms with van der Waals surface area (Å²) in [5.74, 6) is -5.47. The normalized spacial score (nSPS) is 12.7. The van der Waals surface area contributed by atoms with E-state index in [4.69, 9.17) is 0 Å². The number of anilines is 2. The minimum atomic E-state index is -4.96. The second kappa shape index (κ2) is 15.8. The summed E-state index contributed by atoms with van der Waals surface area (Å²) in [6.45, 7) is 0. The molecule has 0 spiro atoms. The number of aromatic nitrogens is 2. The quantitative estimate of drug-likeness (QED) is 0.139. The number of thiazole rings is 2. The average molecular weight is 800 g/mol. The van der Waals surface area contributed by atoms with Crippen LogP contribution in [-0.4, -0.2) is 62.4 Å². The average Bonchev–Trinajstić information content (AvgIpc) is 3.77. The standard InChI is InChI=1S/C35H29F4N7O5S3/c1-45(25-3-5-31-27(15-25)40-17-52-31)33(47)29(11-19-7-21(36)13-22(37)8-19)42-35(49)44-54(50,51)43-30(12-20-9-23(38)14-24(39)10-20)34(48)46(2)26-4-6-32-28(16-26)41-18-53-32/h3-10,13-18,29-30,43H,11-12H2,1-2H3,(H2,42,44,49)/t29-,30-/m0/s1. The number of hydrogen-bond acceptors (Lipinski definition) is 9. The van der Waals surface area contributed by atoms with Gasteiger partial charge in [0.05, 0.1) is 31.5 Å². The van der Waals surface area contributed by atoms with Crippen molar-refractivity contribution in [1.29, 1.82) is 0 Å². The second-order valence-corrected chi connectivity index (χ2v) is 15.3. The summed E-state index contributed by atoms with van der Waals surface area (Å²) >= 11 is 2.74. The molecule has 6 aromatic rings. The van der Waals surface area contributed by atoms with Crippen molar-refractivity contribution in [2.75, 3.05) is 23.9 Å². The Morgan fingerprint density at radius 1 is 0.667 bits per heavy atom. The van der Waals surface area contributed by atoms with Gasteiger partial charge in [-0.05, 0) is 78.2 Å². The fourth-order valence-electron chi connectivity index (χ4n) is 5.67. The molecule has 0 unspecified atom stereocenters. The van der Waals surface area contributed by atoms with Crippen molar-refractivity contribution in [2.45, 2.75) is 24.9 Å². The number of carbonyl (C=O) groups is 3. The number of urea groups is 1. The number of nitrogens with one attached hydrogen (secondary N) is 3. The summed E-state index contributed by atoms with van der Waals surface area (Å²) in [5.41, 5.74) is 4.96. The third-order valence-corrected chi connectivity index (χ3v) is 10.9. The van der Waals surface area contributed by atoms with Gasteiger partial charge in [-0.2, -0.15) is 13.1 Å². The minimum absolute atomic E-state index is 0.0256. The molecular weight excluding hydrogens is 771 g/mol. The van der Waals surface area contributed by atoms with Crippen LogP contribution >= 0.6 is 22.7 Å². The molecule has 54 heavy (non-hydrogen) atoms. The zero-order valence-electron chi connectivity index (χ0n) is 28.2. The molecule has 0 aliphatic heterocycles. The van der Waals surface area contributed by atoms with Crippen molar-refractivity contribution >= 4 is 82.5 Å². The van der Waals surface area contributed by atoms with Gasteiger partial charge in [0.1, 0.15) is 35.4 Å².